The van der Waals surface area contributed by atoms with Crippen LogP contribution in [-0.4, -0.2) is 9.55 Å². The highest BCUT2D eigenvalue weighted by Gasteiger charge is 2.20. The van der Waals surface area contributed by atoms with Crippen LogP contribution in [0.4, 0.5) is 0 Å². The van der Waals surface area contributed by atoms with E-state index in [0.29, 0.717) is 0 Å². The highest BCUT2D eigenvalue weighted by atomic mass is 15.0. The molecule has 0 bridgehead atoms. The van der Waals surface area contributed by atoms with Crippen LogP contribution in [0.2, 0.25) is 0 Å². The Morgan fingerprint density at radius 1 is 0.895 bits per heavy atom. The average Bonchev–Trinajstić information content (AvgIpc) is 2.83. The van der Waals surface area contributed by atoms with E-state index in [1.54, 1.807) is 5.56 Å². The molecule has 1 aliphatic carbocycles. The zero-order valence-corrected chi connectivity index (χ0v) is 10.8. The lowest BCUT2D eigenvalue weighted by molar-refractivity contribution is 0.667. The molecular formula is C17H16N2. The van der Waals surface area contributed by atoms with Gasteiger partial charge >= 0.3 is 0 Å². The molecule has 0 saturated heterocycles. The maximum absolute atomic E-state index is 4.13. The third-order valence-corrected chi connectivity index (χ3v) is 4.10. The van der Waals surface area contributed by atoms with Gasteiger partial charge in [-0.15, -0.1) is 0 Å². The van der Waals surface area contributed by atoms with Gasteiger partial charge in [-0.2, -0.15) is 0 Å². The van der Waals surface area contributed by atoms with Crippen LogP contribution < -0.4 is 0 Å². The molecule has 1 aromatic carbocycles. The lowest BCUT2D eigenvalue weighted by atomic mass is 9.95. The van der Waals surface area contributed by atoms with Crippen LogP contribution in [0.15, 0.2) is 48.8 Å². The molecule has 3 aromatic rings. The minimum Gasteiger partial charge on any atom is -0.313 e. The van der Waals surface area contributed by atoms with Gasteiger partial charge in [0.1, 0.15) is 0 Å². The fourth-order valence-electron chi connectivity index (χ4n) is 3.28. The smallest absolute Gasteiger partial charge is 0.0534 e. The number of rotatable bonds is 1. The van der Waals surface area contributed by atoms with Crippen molar-refractivity contribution < 1.29 is 0 Å². The minimum absolute atomic E-state index is 1.19. The van der Waals surface area contributed by atoms with Crippen molar-refractivity contribution in [2.45, 2.75) is 25.7 Å². The van der Waals surface area contributed by atoms with E-state index in [9.17, 15) is 0 Å². The van der Waals surface area contributed by atoms with Crippen molar-refractivity contribution in [3.05, 3.63) is 60.0 Å². The standard InChI is InChI=1S/C17H16N2/c1-3-7-16-14(5-1)15-6-2-4-8-17(15)19(16)13-9-11-18-12-10-13/h1,3,5,7,9-12H,2,4,6,8H2. The predicted molar refractivity (Wildman–Crippen MR) is 77.7 cm³/mol. The number of benzene rings is 1. The van der Waals surface area contributed by atoms with Crippen molar-refractivity contribution in [2.24, 2.45) is 0 Å². The third-order valence-electron chi connectivity index (χ3n) is 4.10. The van der Waals surface area contributed by atoms with Gasteiger partial charge in [0.15, 0.2) is 0 Å². The number of aromatic nitrogens is 2. The van der Waals surface area contributed by atoms with Crippen LogP contribution in [0.1, 0.15) is 24.1 Å². The Hall–Kier alpha value is -2.09. The quantitative estimate of drug-likeness (QED) is 0.638. The second kappa shape index (κ2) is 4.23. The molecule has 0 radical (unpaired) electrons. The fourth-order valence-corrected chi connectivity index (χ4v) is 3.28. The molecule has 2 heteroatoms. The van der Waals surface area contributed by atoms with E-state index in [-0.39, 0.29) is 0 Å². The number of hydrogen-bond acceptors (Lipinski definition) is 1. The maximum atomic E-state index is 4.13. The summed E-state index contributed by atoms with van der Waals surface area (Å²) in [4.78, 5) is 4.13. The minimum atomic E-state index is 1.19. The molecule has 4 rings (SSSR count). The molecule has 0 saturated carbocycles. The molecule has 2 nitrogen and oxygen atoms in total. The first-order valence-electron chi connectivity index (χ1n) is 6.97. The van der Waals surface area contributed by atoms with Gasteiger partial charge in [0.25, 0.3) is 0 Å². The molecule has 0 aliphatic heterocycles. The summed E-state index contributed by atoms with van der Waals surface area (Å²) in [6, 6.07) is 13.0. The topological polar surface area (TPSA) is 17.8 Å². The normalized spacial score (nSPS) is 14.5. The zero-order chi connectivity index (χ0) is 12.7. The summed E-state index contributed by atoms with van der Waals surface area (Å²) in [5.41, 5.74) is 5.62. The Labute approximate surface area is 112 Å². The Morgan fingerprint density at radius 2 is 1.68 bits per heavy atom. The van der Waals surface area contributed by atoms with Gasteiger partial charge in [0, 0.05) is 29.2 Å². The Morgan fingerprint density at radius 3 is 2.58 bits per heavy atom. The first kappa shape index (κ1) is 10.8. The van der Waals surface area contributed by atoms with Crippen LogP contribution in [0, 0.1) is 0 Å². The molecular weight excluding hydrogens is 232 g/mol. The van der Waals surface area contributed by atoms with Gasteiger partial charge in [-0.1, -0.05) is 18.2 Å². The van der Waals surface area contributed by atoms with Crippen molar-refractivity contribution in [3.63, 3.8) is 0 Å². The number of para-hydroxylation sites is 1. The van der Waals surface area contributed by atoms with E-state index in [2.05, 4.69) is 45.9 Å². The number of fused-ring (bicyclic) bond motifs is 3. The van der Waals surface area contributed by atoms with Gasteiger partial charge in [-0.3, -0.25) is 4.98 Å². The van der Waals surface area contributed by atoms with Crippen LogP contribution in [0.5, 0.6) is 0 Å². The van der Waals surface area contributed by atoms with E-state index in [1.807, 2.05) is 12.4 Å². The first-order chi connectivity index (χ1) is 9.45. The second-order valence-electron chi connectivity index (χ2n) is 5.19. The Kier molecular flexibility index (Phi) is 2.41. The number of pyridine rings is 1. The monoisotopic (exact) mass is 248 g/mol. The summed E-state index contributed by atoms with van der Waals surface area (Å²) < 4.78 is 2.42. The van der Waals surface area contributed by atoms with Crippen LogP contribution in [0.3, 0.4) is 0 Å². The summed E-state index contributed by atoms with van der Waals surface area (Å²) in [6.07, 6.45) is 8.77. The molecule has 2 heterocycles. The first-order valence-corrected chi connectivity index (χ1v) is 6.97. The van der Waals surface area contributed by atoms with E-state index in [0.717, 1.165) is 0 Å². The molecule has 0 unspecified atom stereocenters. The van der Waals surface area contributed by atoms with Crippen LogP contribution in [-0.2, 0) is 12.8 Å². The third kappa shape index (κ3) is 1.60. The summed E-state index contributed by atoms with van der Waals surface area (Å²) >= 11 is 0. The average molecular weight is 248 g/mol. The van der Waals surface area contributed by atoms with Crippen molar-refractivity contribution in [1.29, 1.82) is 0 Å². The highest BCUT2D eigenvalue weighted by Crippen LogP contribution is 2.34. The molecule has 94 valence electrons. The Bertz CT molecular complexity index is 726. The van der Waals surface area contributed by atoms with Crippen LogP contribution >= 0.6 is 0 Å². The van der Waals surface area contributed by atoms with Crippen molar-refractivity contribution in [1.82, 2.24) is 9.55 Å². The summed E-state index contributed by atoms with van der Waals surface area (Å²) in [5, 5.41) is 1.43. The molecule has 0 fully saturated rings. The number of hydrogen-bond donors (Lipinski definition) is 0. The summed E-state index contributed by atoms with van der Waals surface area (Å²) in [6.45, 7) is 0. The molecule has 2 aromatic heterocycles. The van der Waals surface area contributed by atoms with Gasteiger partial charge in [-0.05, 0) is 49.4 Å². The zero-order valence-electron chi connectivity index (χ0n) is 10.8. The molecule has 1 aliphatic rings. The highest BCUT2D eigenvalue weighted by molar-refractivity contribution is 5.87. The van der Waals surface area contributed by atoms with Crippen molar-refractivity contribution >= 4 is 10.9 Å². The van der Waals surface area contributed by atoms with Gasteiger partial charge in [0.05, 0.1) is 5.52 Å². The molecule has 0 spiro atoms. The van der Waals surface area contributed by atoms with Crippen molar-refractivity contribution in [3.8, 4) is 5.69 Å². The molecule has 0 atom stereocenters. The molecule has 0 N–H and O–H groups in total. The lowest BCUT2D eigenvalue weighted by Gasteiger charge is -2.15. The number of nitrogens with zero attached hydrogens (tertiary/aromatic N) is 2. The number of aryl methyl sites for hydroxylation is 1. The SMILES string of the molecule is c1ccc2c(c1)c1c(n2-c2ccncc2)CCCC1. The molecule has 19 heavy (non-hydrogen) atoms. The fraction of sp³-hybridized carbons (Fsp3) is 0.235. The maximum Gasteiger partial charge on any atom is 0.0534 e. The Balaban J connectivity index is 2.09. The largest absolute Gasteiger partial charge is 0.313 e. The van der Waals surface area contributed by atoms with Gasteiger partial charge < -0.3 is 4.57 Å². The van der Waals surface area contributed by atoms with E-state index < -0.39 is 0 Å². The second-order valence-corrected chi connectivity index (χ2v) is 5.19. The van der Waals surface area contributed by atoms with Crippen LogP contribution in [0.25, 0.3) is 16.6 Å². The van der Waals surface area contributed by atoms with E-state index in [4.69, 9.17) is 0 Å². The van der Waals surface area contributed by atoms with Gasteiger partial charge in [0.2, 0.25) is 0 Å². The lowest BCUT2D eigenvalue weighted by Crippen LogP contribution is -2.06. The summed E-state index contributed by atoms with van der Waals surface area (Å²) in [5.74, 6) is 0. The van der Waals surface area contributed by atoms with E-state index in [1.165, 1.54) is 48.0 Å². The van der Waals surface area contributed by atoms with Gasteiger partial charge in [-0.25, -0.2) is 0 Å². The van der Waals surface area contributed by atoms with E-state index >= 15 is 0 Å². The predicted octanol–water partition coefficient (Wildman–Crippen LogP) is 3.90. The van der Waals surface area contributed by atoms with Crippen molar-refractivity contribution in [2.75, 3.05) is 0 Å². The summed E-state index contributed by atoms with van der Waals surface area (Å²) in [7, 11) is 0. The molecule has 0 amide bonds.